The highest BCUT2D eigenvalue weighted by Crippen LogP contribution is 2.17. The minimum atomic E-state index is -0.788. The van der Waals surface area contributed by atoms with E-state index in [0.717, 1.165) is 70.6 Å². The zero-order valence-electron chi connectivity index (χ0n) is 46.1. The van der Waals surface area contributed by atoms with Crippen molar-refractivity contribution in [2.45, 2.75) is 322 Å². The van der Waals surface area contributed by atoms with Gasteiger partial charge in [0.25, 0.3) is 0 Å². The van der Waals surface area contributed by atoms with Crippen molar-refractivity contribution in [1.29, 1.82) is 0 Å². The predicted molar refractivity (Wildman–Crippen MR) is 298 cm³/mol. The second-order valence-electron chi connectivity index (χ2n) is 20.3. The topological polar surface area (TPSA) is 78.9 Å². The van der Waals surface area contributed by atoms with Crippen LogP contribution < -0.4 is 0 Å². The molecular formula is C63H114O6. The number of carbonyl (C=O) groups excluding carboxylic acids is 3. The van der Waals surface area contributed by atoms with Gasteiger partial charge in [0.15, 0.2) is 6.10 Å². The van der Waals surface area contributed by atoms with Crippen LogP contribution in [0.4, 0.5) is 0 Å². The quantitative estimate of drug-likeness (QED) is 0.0262. The molecular weight excluding hydrogens is 853 g/mol. The molecule has 0 aliphatic carbocycles. The van der Waals surface area contributed by atoms with Crippen molar-refractivity contribution >= 4 is 17.9 Å². The molecule has 6 nitrogen and oxygen atoms in total. The van der Waals surface area contributed by atoms with Gasteiger partial charge >= 0.3 is 17.9 Å². The van der Waals surface area contributed by atoms with Gasteiger partial charge in [0.2, 0.25) is 0 Å². The summed E-state index contributed by atoms with van der Waals surface area (Å²) < 4.78 is 16.9. The second-order valence-corrected chi connectivity index (χ2v) is 20.3. The third-order valence-corrected chi connectivity index (χ3v) is 13.3. The first kappa shape index (κ1) is 66.4. The number of hydrogen-bond donors (Lipinski definition) is 0. The van der Waals surface area contributed by atoms with Gasteiger partial charge in [-0.25, -0.2) is 0 Å². The molecule has 0 fully saturated rings. The second kappa shape index (κ2) is 57.9. The van der Waals surface area contributed by atoms with Gasteiger partial charge in [-0.2, -0.15) is 0 Å². The Kier molecular flexibility index (Phi) is 55.7. The summed E-state index contributed by atoms with van der Waals surface area (Å²) in [6, 6.07) is 0. The summed E-state index contributed by atoms with van der Waals surface area (Å²) in [5, 5.41) is 0. The maximum atomic E-state index is 12.9. The van der Waals surface area contributed by atoms with E-state index in [2.05, 4.69) is 69.4 Å². The van der Waals surface area contributed by atoms with Crippen LogP contribution in [0.5, 0.6) is 0 Å². The normalized spacial score (nSPS) is 12.3. The Morgan fingerprint density at radius 3 is 0.884 bits per heavy atom. The van der Waals surface area contributed by atoms with Gasteiger partial charge < -0.3 is 14.2 Å². The van der Waals surface area contributed by atoms with E-state index in [-0.39, 0.29) is 31.1 Å². The predicted octanol–water partition coefficient (Wildman–Crippen LogP) is 20.2. The molecule has 0 radical (unpaired) electrons. The molecule has 6 heteroatoms. The highest BCUT2D eigenvalue weighted by atomic mass is 16.6. The lowest BCUT2D eigenvalue weighted by Gasteiger charge is -2.18. The lowest BCUT2D eigenvalue weighted by Crippen LogP contribution is -2.30. The van der Waals surface area contributed by atoms with Crippen molar-refractivity contribution in [3.05, 3.63) is 48.6 Å². The number of rotatable bonds is 55. The zero-order valence-corrected chi connectivity index (χ0v) is 46.1. The smallest absolute Gasteiger partial charge is 0.306 e. The van der Waals surface area contributed by atoms with Crippen molar-refractivity contribution in [3.63, 3.8) is 0 Å². The fourth-order valence-electron chi connectivity index (χ4n) is 8.74. The molecule has 0 saturated carbocycles. The van der Waals surface area contributed by atoms with E-state index in [0.29, 0.717) is 19.3 Å². The Hall–Kier alpha value is -2.63. The maximum absolute atomic E-state index is 12.9. The summed E-state index contributed by atoms with van der Waals surface area (Å²) in [7, 11) is 0. The summed E-state index contributed by atoms with van der Waals surface area (Å²) >= 11 is 0. The summed E-state index contributed by atoms with van der Waals surface area (Å²) in [6.07, 6.45) is 71.1. The van der Waals surface area contributed by atoms with Gasteiger partial charge in [0, 0.05) is 19.3 Å². The monoisotopic (exact) mass is 967 g/mol. The van der Waals surface area contributed by atoms with E-state index < -0.39 is 6.10 Å². The molecule has 0 aromatic carbocycles. The first-order valence-corrected chi connectivity index (χ1v) is 30.1. The summed E-state index contributed by atoms with van der Waals surface area (Å²) in [5.74, 6) is -0.910. The first-order chi connectivity index (χ1) is 34.0. The Bertz CT molecular complexity index is 1200. The Morgan fingerprint density at radius 1 is 0.290 bits per heavy atom. The Balaban J connectivity index is 4.38. The molecule has 0 aliphatic heterocycles. The number of ether oxygens (including phenoxy) is 3. The molecule has 0 aromatic rings. The van der Waals surface area contributed by atoms with Crippen molar-refractivity contribution in [2.24, 2.45) is 0 Å². The SMILES string of the molecule is CCCCC/C=C\C/C=C\C/C=C\CCCCC(=O)OC[C@H](COC(=O)CCCCCCCCC/C=C\CCCCCCCC)OC(=O)CCCCCCCCCCCCCCCCCCCCC. The van der Waals surface area contributed by atoms with Crippen molar-refractivity contribution in [1.82, 2.24) is 0 Å². The standard InChI is InChI=1S/C63H114O6/c1-4-7-10-13-16-19-22-25-28-30-31-33-36-39-42-45-48-51-54-57-63(66)69-60(58-67-61(64)55-52-49-46-43-40-37-34-27-24-21-18-15-12-9-6-3)59-68-62(65)56-53-50-47-44-41-38-35-32-29-26-23-20-17-14-11-8-5-2/h18,21,26-27,29,34,40,43,60H,4-17,19-20,22-25,28,30-33,35-39,41-42,44-59H2,1-3H3/b21-18-,29-26-,34-27-,43-40-/t60-/m1/s1. The van der Waals surface area contributed by atoms with Crippen LogP contribution in [0.2, 0.25) is 0 Å². The van der Waals surface area contributed by atoms with Crippen molar-refractivity contribution in [2.75, 3.05) is 13.2 Å². The molecule has 0 heterocycles. The zero-order chi connectivity index (χ0) is 50.0. The minimum Gasteiger partial charge on any atom is -0.462 e. The molecule has 0 bridgehead atoms. The molecule has 0 N–H and O–H groups in total. The lowest BCUT2D eigenvalue weighted by atomic mass is 10.0. The number of allylic oxidation sites excluding steroid dienone is 8. The number of unbranched alkanes of at least 4 members (excludes halogenated alkanes) is 36. The first-order valence-electron chi connectivity index (χ1n) is 30.1. The molecule has 0 amide bonds. The fraction of sp³-hybridized carbons (Fsp3) is 0.825. The summed E-state index contributed by atoms with van der Waals surface area (Å²) in [6.45, 7) is 6.61. The molecule has 0 aromatic heterocycles. The lowest BCUT2D eigenvalue weighted by molar-refractivity contribution is -0.167. The molecule has 0 aliphatic rings. The van der Waals surface area contributed by atoms with E-state index in [9.17, 15) is 14.4 Å². The molecule has 0 rings (SSSR count). The third kappa shape index (κ3) is 56.2. The van der Waals surface area contributed by atoms with E-state index in [4.69, 9.17) is 14.2 Å². The van der Waals surface area contributed by atoms with Crippen LogP contribution >= 0.6 is 0 Å². The van der Waals surface area contributed by atoms with Gasteiger partial charge in [-0.3, -0.25) is 14.4 Å². The minimum absolute atomic E-state index is 0.0844. The summed E-state index contributed by atoms with van der Waals surface area (Å²) in [5.41, 5.74) is 0. The van der Waals surface area contributed by atoms with Gasteiger partial charge in [-0.1, -0.05) is 262 Å². The van der Waals surface area contributed by atoms with Gasteiger partial charge in [0.05, 0.1) is 0 Å². The molecule has 0 saturated heterocycles. The molecule has 1 atom stereocenters. The van der Waals surface area contributed by atoms with E-state index >= 15 is 0 Å². The Labute approximate surface area is 428 Å². The van der Waals surface area contributed by atoms with Gasteiger partial charge in [-0.15, -0.1) is 0 Å². The van der Waals surface area contributed by atoms with E-state index in [1.165, 1.54) is 205 Å². The number of carbonyl (C=O) groups is 3. The van der Waals surface area contributed by atoms with Crippen LogP contribution in [0.1, 0.15) is 316 Å². The molecule has 69 heavy (non-hydrogen) atoms. The Morgan fingerprint density at radius 2 is 0.522 bits per heavy atom. The number of esters is 3. The van der Waals surface area contributed by atoms with E-state index in [1.54, 1.807) is 0 Å². The maximum Gasteiger partial charge on any atom is 0.306 e. The highest BCUT2D eigenvalue weighted by Gasteiger charge is 2.19. The van der Waals surface area contributed by atoms with Gasteiger partial charge in [-0.05, 0) is 83.5 Å². The van der Waals surface area contributed by atoms with Crippen LogP contribution in [-0.2, 0) is 28.6 Å². The summed E-state index contributed by atoms with van der Waals surface area (Å²) in [4.78, 5) is 38.2. The fourth-order valence-corrected chi connectivity index (χ4v) is 8.74. The van der Waals surface area contributed by atoms with Crippen LogP contribution in [0.15, 0.2) is 48.6 Å². The van der Waals surface area contributed by atoms with Crippen LogP contribution in [-0.4, -0.2) is 37.2 Å². The average molecular weight is 968 g/mol. The molecule has 0 spiro atoms. The largest absolute Gasteiger partial charge is 0.462 e. The molecule has 402 valence electrons. The third-order valence-electron chi connectivity index (χ3n) is 13.3. The van der Waals surface area contributed by atoms with Gasteiger partial charge in [0.1, 0.15) is 13.2 Å². The van der Waals surface area contributed by atoms with Crippen LogP contribution in [0, 0.1) is 0 Å². The van der Waals surface area contributed by atoms with Crippen LogP contribution in [0.3, 0.4) is 0 Å². The highest BCUT2D eigenvalue weighted by molar-refractivity contribution is 5.71. The average Bonchev–Trinajstić information content (AvgIpc) is 3.35. The van der Waals surface area contributed by atoms with Crippen molar-refractivity contribution < 1.29 is 28.6 Å². The molecule has 0 unspecified atom stereocenters. The van der Waals surface area contributed by atoms with Crippen LogP contribution in [0.25, 0.3) is 0 Å². The van der Waals surface area contributed by atoms with Crippen molar-refractivity contribution in [3.8, 4) is 0 Å². The van der Waals surface area contributed by atoms with E-state index in [1.807, 2.05) is 0 Å². The number of hydrogen-bond acceptors (Lipinski definition) is 6.